The minimum Gasteiger partial charge on any atom is -0.480 e. The van der Waals surface area contributed by atoms with Crippen molar-refractivity contribution in [1.82, 2.24) is 30.0 Å². The topological polar surface area (TPSA) is 120 Å². The fraction of sp³-hybridized carbons (Fsp3) is 0.280. The lowest BCUT2D eigenvalue weighted by molar-refractivity contribution is 0.0663. The molecular formula is C25H25N7O2. The van der Waals surface area contributed by atoms with Gasteiger partial charge in [0, 0.05) is 29.4 Å². The Kier molecular flexibility index (Phi) is 5.75. The highest BCUT2D eigenvalue weighted by Crippen LogP contribution is 2.33. The maximum atomic E-state index is 13.9. The summed E-state index contributed by atoms with van der Waals surface area (Å²) in [4.78, 5) is 28.9. The number of nitrogens with two attached hydrogens (primary N) is 1. The van der Waals surface area contributed by atoms with Crippen LogP contribution in [0.2, 0.25) is 0 Å². The highest BCUT2D eigenvalue weighted by atomic mass is 16.5. The molecule has 1 atom stereocenters. The van der Waals surface area contributed by atoms with E-state index in [4.69, 9.17) is 10.5 Å². The van der Waals surface area contributed by atoms with Gasteiger partial charge in [0.05, 0.1) is 30.9 Å². The molecule has 0 saturated carbocycles. The van der Waals surface area contributed by atoms with Gasteiger partial charge in [0.2, 0.25) is 5.88 Å². The maximum Gasteiger partial charge on any atom is 0.254 e. The number of amides is 1. The van der Waals surface area contributed by atoms with Crippen molar-refractivity contribution in [3.05, 3.63) is 77.0 Å². The van der Waals surface area contributed by atoms with Gasteiger partial charge in [-0.1, -0.05) is 0 Å². The molecule has 3 aromatic heterocycles. The first kappa shape index (κ1) is 21.7. The normalized spacial score (nSPS) is 13.5. The Morgan fingerprint density at radius 1 is 1.12 bits per heavy atom. The summed E-state index contributed by atoms with van der Waals surface area (Å²) in [7, 11) is 1.54. The molecule has 0 saturated heterocycles. The minimum absolute atomic E-state index is 0.150. The zero-order chi connectivity index (χ0) is 23.7. The van der Waals surface area contributed by atoms with Crippen molar-refractivity contribution >= 4 is 22.6 Å². The molecule has 0 spiro atoms. The summed E-state index contributed by atoms with van der Waals surface area (Å²) in [5.41, 5.74) is 10.5. The van der Waals surface area contributed by atoms with Crippen LogP contribution in [-0.4, -0.2) is 43.1 Å². The fourth-order valence-corrected chi connectivity index (χ4v) is 4.46. The number of anilines is 1. The number of aryl methyl sites for hydroxylation is 1. The van der Waals surface area contributed by atoms with Crippen molar-refractivity contribution in [1.29, 1.82) is 0 Å². The third kappa shape index (κ3) is 4.00. The van der Waals surface area contributed by atoms with Crippen molar-refractivity contribution in [3.8, 4) is 5.88 Å². The Morgan fingerprint density at radius 2 is 1.91 bits per heavy atom. The van der Waals surface area contributed by atoms with E-state index in [0.717, 1.165) is 35.7 Å². The van der Waals surface area contributed by atoms with Gasteiger partial charge in [0.1, 0.15) is 11.6 Å². The van der Waals surface area contributed by atoms with Gasteiger partial charge in [0.15, 0.2) is 0 Å². The van der Waals surface area contributed by atoms with Gasteiger partial charge in [-0.3, -0.25) is 4.79 Å². The molecule has 9 heteroatoms. The number of ether oxygens (including phenoxy) is 1. The third-order valence-corrected chi connectivity index (χ3v) is 6.26. The third-order valence-electron chi connectivity index (χ3n) is 6.26. The van der Waals surface area contributed by atoms with Crippen LogP contribution in [0.25, 0.3) is 10.9 Å². The van der Waals surface area contributed by atoms with E-state index in [0.29, 0.717) is 28.8 Å². The van der Waals surface area contributed by atoms with Crippen LogP contribution in [0.4, 0.5) is 5.82 Å². The maximum absolute atomic E-state index is 13.9. The number of nitrogens with zero attached hydrogens (tertiary/aromatic N) is 6. The van der Waals surface area contributed by atoms with Gasteiger partial charge in [-0.25, -0.2) is 15.0 Å². The summed E-state index contributed by atoms with van der Waals surface area (Å²) in [5.74, 6) is 1.40. The van der Waals surface area contributed by atoms with E-state index in [1.165, 1.54) is 12.7 Å². The van der Waals surface area contributed by atoms with Crippen LogP contribution in [0, 0.1) is 0 Å². The predicted octanol–water partition coefficient (Wildman–Crippen LogP) is 3.30. The number of hydrogen-bond donors (Lipinski definition) is 1. The summed E-state index contributed by atoms with van der Waals surface area (Å²) < 4.78 is 5.10. The molecule has 0 unspecified atom stereocenters. The zero-order valence-electron chi connectivity index (χ0n) is 19.1. The number of nitrogen functional groups attached to an aromatic ring is 1. The molecule has 9 nitrogen and oxygen atoms in total. The molecule has 4 aromatic rings. The molecule has 34 heavy (non-hydrogen) atoms. The molecule has 0 bridgehead atoms. The Balaban J connectivity index is 1.54. The lowest BCUT2D eigenvalue weighted by Gasteiger charge is -2.28. The molecular weight excluding hydrogens is 430 g/mol. The summed E-state index contributed by atoms with van der Waals surface area (Å²) in [6.45, 7) is 2.15. The average molecular weight is 456 g/mol. The summed E-state index contributed by atoms with van der Waals surface area (Å²) >= 11 is 0. The average Bonchev–Trinajstić information content (AvgIpc) is 3.38. The monoisotopic (exact) mass is 455 g/mol. The van der Waals surface area contributed by atoms with Crippen LogP contribution >= 0.6 is 0 Å². The van der Waals surface area contributed by atoms with Crippen molar-refractivity contribution in [2.75, 3.05) is 12.8 Å². The van der Waals surface area contributed by atoms with Gasteiger partial charge in [-0.2, -0.15) is 5.10 Å². The summed E-state index contributed by atoms with van der Waals surface area (Å²) in [6.07, 6.45) is 6.25. The van der Waals surface area contributed by atoms with E-state index in [1.807, 2.05) is 19.1 Å². The first-order valence-corrected chi connectivity index (χ1v) is 11.2. The van der Waals surface area contributed by atoms with Crippen molar-refractivity contribution in [3.63, 3.8) is 0 Å². The lowest BCUT2D eigenvalue weighted by Crippen LogP contribution is -2.34. The molecule has 172 valence electrons. The molecule has 3 heterocycles. The lowest BCUT2D eigenvalue weighted by atomic mass is 10.0. The number of methoxy groups -OCH3 is 1. The highest BCUT2D eigenvalue weighted by Gasteiger charge is 2.27. The van der Waals surface area contributed by atoms with Crippen LogP contribution in [-0.2, 0) is 19.4 Å². The van der Waals surface area contributed by atoms with Crippen LogP contribution in [0.5, 0.6) is 5.88 Å². The van der Waals surface area contributed by atoms with Crippen molar-refractivity contribution in [2.45, 2.75) is 38.8 Å². The van der Waals surface area contributed by atoms with Gasteiger partial charge < -0.3 is 15.4 Å². The second kappa shape index (κ2) is 9.01. The van der Waals surface area contributed by atoms with E-state index in [9.17, 15) is 4.79 Å². The number of carbonyl (C=O) groups excluding carboxylic acids is 1. The van der Waals surface area contributed by atoms with E-state index in [-0.39, 0.29) is 18.5 Å². The number of carbonyl (C=O) groups is 1. The Bertz CT molecular complexity index is 1340. The Morgan fingerprint density at radius 3 is 2.65 bits per heavy atom. The van der Waals surface area contributed by atoms with Crippen molar-refractivity contribution < 1.29 is 9.53 Å². The molecule has 0 fully saturated rings. The molecule has 0 radical (unpaired) electrons. The quantitative estimate of drug-likeness (QED) is 0.470. The predicted molar refractivity (Wildman–Crippen MR) is 127 cm³/mol. The second-order valence-corrected chi connectivity index (χ2v) is 8.32. The van der Waals surface area contributed by atoms with Gasteiger partial charge in [0.25, 0.3) is 5.91 Å². The first-order chi connectivity index (χ1) is 16.5. The first-order valence-electron chi connectivity index (χ1n) is 11.2. The molecule has 2 N–H and O–H groups in total. The molecule has 1 aromatic carbocycles. The smallest absolute Gasteiger partial charge is 0.254 e. The minimum atomic E-state index is -0.386. The van der Waals surface area contributed by atoms with E-state index >= 15 is 0 Å². The van der Waals surface area contributed by atoms with Crippen LogP contribution in [0.15, 0.2) is 48.8 Å². The number of benzene rings is 1. The number of pyridine rings is 1. The summed E-state index contributed by atoms with van der Waals surface area (Å²) in [5, 5.41) is 9.24. The van der Waals surface area contributed by atoms with Gasteiger partial charge in [-0.05, 0) is 67.6 Å². The second-order valence-electron chi connectivity index (χ2n) is 8.32. The number of hydrogen-bond acceptors (Lipinski definition) is 8. The standard InChI is InChI=1S/C25H25N7O2/c1-15(24-27-11-4-12-28-24)32(14-17-8-10-22(34-2)31-30-17)25(33)16-7-9-21-20(13-16)18-5-3-6-19(18)23(26)29-21/h4,7-13,15H,3,5-6,14H2,1-2H3,(H2,26,29)/t15-/m1/s1. The van der Waals surface area contributed by atoms with Crippen molar-refractivity contribution in [2.24, 2.45) is 0 Å². The highest BCUT2D eigenvalue weighted by molar-refractivity contribution is 5.99. The largest absolute Gasteiger partial charge is 0.480 e. The van der Waals surface area contributed by atoms with E-state index < -0.39 is 0 Å². The van der Waals surface area contributed by atoms with Gasteiger partial charge >= 0.3 is 0 Å². The SMILES string of the molecule is COc1ccc(CN(C(=O)c2ccc3nc(N)c4c(c3c2)CCC4)[C@H](C)c2ncccn2)nn1. The van der Waals surface area contributed by atoms with Crippen LogP contribution in [0.3, 0.4) is 0 Å². The van der Waals surface area contributed by atoms with Gasteiger partial charge in [-0.15, -0.1) is 5.10 Å². The number of aromatic nitrogens is 5. The fourth-order valence-electron chi connectivity index (χ4n) is 4.46. The Labute approximate surface area is 197 Å². The Hall–Kier alpha value is -4.14. The summed E-state index contributed by atoms with van der Waals surface area (Å²) in [6, 6.07) is 10.5. The van der Waals surface area contributed by atoms with Crippen LogP contribution in [0.1, 0.15) is 52.4 Å². The molecule has 1 amide bonds. The van der Waals surface area contributed by atoms with E-state index in [1.54, 1.807) is 41.6 Å². The zero-order valence-corrected chi connectivity index (χ0v) is 19.1. The molecule has 1 aliphatic carbocycles. The molecule has 1 aliphatic rings. The number of fused-ring (bicyclic) bond motifs is 3. The number of rotatable bonds is 6. The molecule has 0 aliphatic heterocycles. The van der Waals surface area contributed by atoms with Crippen LogP contribution < -0.4 is 10.5 Å². The molecule has 5 rings (SSSR count). The van der Waals surface area contributed by atoms with E-state index in [2.05, 4.69) is 25.1 Å².